The highest BCUT2D eigenvalue weighted by Gasteiger charge is 1.95. The van der Waals surface area contributed by atoms with Crippen molar-refractivity contribution in [2.45, 2.75) is 0 Å². The molecule has 0 aliphatic carbocycles. The van der Waals surface area contributed by atoms with E-state index in [1.807, 2.05) is 12.1 Å². The van der Waals surface area contributed by atoms with E-state index in [2.05, 4.69) is 16.0 Å². The van der Waals surface area contributed by atoms with Crippen LogP contribution in [0.3, 0.4) is 0 Å². The van der Waals surface area contributed by atoms with Gasteiger partial charge in [-0.2, -0.15) is 0 Å². The first-order valence-corrected chi connectivity index (χ1v) is 3.86. The van der Waals surface area contributed by atoms with Gasteiger partial charge >= 0.3 is 6.01 Å². The molecule has 0 fully saturated rings. The van der Waals surface area contributed by atoms with Crippen LogP contribution < -0.4 is 4.74 Å². The molecular formula is C10H7N2O. The highest BCUT2D eigenvalue weighted by Crippen LogP contribution is 2.14. The van der Waals surface area contributed by atoms with E-state index in [9.17, 15) is 0 Å². The predicted molar refractivity (Wildman–Crippen MR) is 47.4 cm³/mol. The van der Waals surface area contributed by atoms with E-state index in [4.69, 9.17) is 4.74 Å². The summed E-state index contributed by atoms with van der Waals surface area (Å²) in [6.45, 7) is 0. The molecule has 0 saturated carbocycles. The number of hydrogen-bond acceptors (Lipinski definition) is 3. The van der Waals surface area contributed by atoms with Crippen LogP contribution in [0.4, 0.5) is 0 Å². The van der Waals surface area contributed by atoms with Crippen LogP contribution in [0.5, 0.6) is 11.8 Å². The monoisotopic (exact) mass is 171 g/mol. The zero-order chi connectivity index (χ0) is 8.93. The van der Waals surface area contributed by atoms with Crippen LogP contribution in [0.25, 0.3) is 0 Å². The summed E-state index contributed by atoms with van der Waals surface area (Å²) in [6, 6.07) is 12.2. The summed E-state index contributed by atoms with van der Waals surface area (Å²) in [6.07, 6.45) is 3.27. The third-order valence-corrected chi connectivity index (χ3v) is 1.43. The van der Waals surface area contributed by atoms with Gasteiger partial charge in [0.25, 0.3) is 0 Å². The molecule has 1 heterocycles. The van der Waals surface area contributed by atoms with Crippen molar-refractivity contribution < 1.29 is 4.74 Å². The van der Waals surface area contributed by atoms with Crippen molar-refractivity contribution >= 4 is 0 Å². The van der Waals surface area contributed by atoms with E-state index in [1.54, 1.807) is 30.6 Å². The van der Waals surface area contributed by atoms with E-state index in [0.717, 1.165) is 0 Å². The third-order valence-electron chi connectivity index (χ3n) is 1.43. The van der Waals surface area contributed by atoms with Crippen LogP contribution in [0.1, 0.15) is 0 Å². The summed E-state index contributed by atoms with van der Waals surface area (Å²) in [4.78, 5) is 7.85. The number of hydrogen-bond donors (Lipinski definition) is 0. The molecule has 0 bridgehead atoms. The van der Waals surface area contributed by atoms with Crippen molar-refractivity contribution in [1.82, 2.24) is 9.97 Å². The minimum absolute atomic E-state index is 0.349. The van der Waals surface area contributed by atoms with Gasteiger partial charge in [-0.15, -0.1) is 0 Å². The van der Waals surface area contributed by atoms with Gasteiger partial charge in [0.2, 0.25) is 0 Å². The third kappa shape index (κ3) is 2.02. The fourth-order valence-corrected chi connectivity index (χ4v) is 0.884. The van der Waals surface area contributed by atoms with Gasteiger partial charge in [0.05, 0.1) is 0 Å². The molecule has 3 heteroatoms. The Kier molecular flexibility index (Phi) is 2.18. The second-order valence-corrected chi connectivity index (χ2v) is 2.37. The van der Waals surface area contributed by atoms with Crippen LogP contribution in [-0.2, 0) is 0 Å². The fourth-order valence-electron chi connectivity index (χ4n) is 0.884. The molecule has 1 radical (unpaired) electrons. The first-order chi connectivity index (χ1) is 6.45. The Labute approximate surface area is 76.0 Å². The lowest BCUT2D eigenvalue weighted by Gasteiger charge is -2.00. The fraction of sp³-hybridized carbons (Fsp3) is 0. The standard InChI is InChI=1S/C10H7N2O/c1-2-5-9(6-3-1)13-10-11-7-4-8-12-10/h1-2,4-8H. The summed E-state index contributed by atoms with van der Waals surface area (Å²) in [7, 11) is 0. The van der Waals surface area contributed by atoms with Gasteiger partial charge in [0.1, 0.15) is 5.75 Å². The quantitative estimate of drug-likeness (QED) is 0.693. The second kappa shape index (κ2) is 3.67. The van der Waals surface area contributed by atoms with Crippen LogP contribution in [-0.4, -0.2) is 9.97 Å². The summed E-state index contributed by atoms with van der Waals surface area (Å²) in [5, 5.41) is 0. The highest BCUT2D eigenvalue weighted by atomic mass is 16.5. The maximum absolute atomic E-state index is 5.32. The minimum Gasteiger partial charge on any atom is -0.424 e. The van der Waals surface area contributed by atoms with Crippen molar-refractivity contribution in [2.24, 2.45) is 0 Å². The van der Waals surface area contributed by atoms with Gasteiger partial charge in [0.15, 0.2) is 0 Å². The number of ether oxygens (including phenoxy) is 1. The number of rotatable bonds is 2. The Bertz CT molecular complexity index is 324. The molecule has 0 aliphatic heterocycles. The summed E-state index contributed by atoms with van der Waals surface area (Å²) >= 11 is 0. The smallest absolute Gasteiger partial charge is 0.321 e. The van der Waals surface area contributed by atoms with Gasteiger partial charge in [-0.05, 0) is 24.3 Å². The number of aromatic nitrogens is 2. The molecule has 0 N–H and O–H groups in total. The van der Waals surface area contributed by atoms with E-state index in [0.29, 0.717) is 11.8 Å². The van der Waals surface area contributed by atoms with Gasteiger partial charge in [-0.3, -0.25) is 0 Å². The maximum Gasteiger partial charge on any atom is 0.321 e. The van der Waals surface area contributed by atoms with Crippen molar-refractivity contribution in [3.8, 4) is 11.8 Å². The highest BCUT2D eigenvalue weighted by molar-refractivity contribution is 5.23. The van der Waals surface area contributed by atoms with Crippen LogP contribution >= 0.6 is 0 Å². The topological polar surface area (TPSA) is 35.0 Å². The lowest BCUT2D eigenvalue weighted by Crippen LogP contribution is -1.89. The average molecular weight is 171 g/mol. The molecule has 2 rings (SSSR count). The van der Waals surface area contributed by atoms with Gasteiger partial charge < -0.3 is 4.74 Å². The predicted octanol–water partition coefficient (Wildman–Crippen LogP) is 2.07. The van der Waals surface area contributed by atoms with Crippen LogP contribution in [0, 0.1) is 6.07 Å². The first-order valence-electron chi connectivity index (χ1n) is 3.86. The lowest BCUT2D eigenvalue weighted by molar-refractivity contribution is 0.441. The normalized spacial score (nSPS) is 9.54. The van der Waals surface area contributed by atoms with Gasteiger partial charge in [0, 0.05) is 12.4 Å². The Balaban J connectivity index is 2.16. The molecule has 2 aromatic rings. The Morgan fingerprint density at radius 3 is 2.69 bits per heavy atom. The van der Waals surface area contributed by atoms with Crippen LogP contribution in [0.15, 0.2) is 42.7 Å². The lowest BCUT2D eigenvalue weighted by atomic mass is 10.3. The van der Waals surface area contributed by atoms with Crippen molar-refractivity contribution in [1.29, 1.82) is 0 Å². The summed E-state index contributed by atoms with van der Waals surface area (Å²) < 4.78 is 5.32. The molecule has 13 heavy (non-hydrogen) atoms. The van der Waals surface area contributed by atoms with Crippen molar-refractivity contribution in [2.75, 3.05) is 0 Å². The second-order valence-electron chi connectivity index (χ2n) is 2.37. The summed E-state index contributed by atoms with van der Waals surface area (Å²) in [5.74, 6) is 0.689. The molecule has 0 atom stereocenters. The molecule has 1 aromatic heterocycles. The molecule has 0 aliphatic rings. The molecule has 0 unspecified atom stereocenters. The van der Waals surface area contributed by atoms with Gasteiger partial charge in [-0.25, -0.2) is 9.97 Å². The average Bonchev–Trinajstić information content (AvgIpc) is 2.21. The summed E-state index contributed by atoms with van der Waals surface area (Å²) in [5.41, 5.74) is 0. The Morgan fingerprint density at radius 1 is 1.15 bits per heavy atom. The zero-order valence-corrected chi connectivity index (χ0v) is 6.84. The number of benzene rings is 1. The number of nitrogens with zero attached hydrogens (tertiary/aromatic N) is 2. The minimum atomic E-state index is 0.349. The molecule has 63 valence electrons. The Hall–Kier alpha value is -1.90. The molecule has 3 nitrogen and oxygen atoms in total. The van der Waals surface area contributed by atoms with E-state index < -0.39 is 0 Å². The maximum atomic E-state index is 5.32. The molecular weight excluding hydrogens is 164 g/mol. The van der Waals surface area contributed by atoms with Crippen molar-refractivity contribution in [3.63, 3.8) is 0 Å². The van der Waals surface area contributed by atoms with E-state index in [-0.39, 0.29) is 0 Å². The Morgan fingerprint density at radius 2 is 2.00 bits per heavy atom. The first kappa shape index (κ1) is 7.73. The van der Waals surface area contributed by atoms with Gasteiger partial charge in [-0.1, -0.05) is 12.1 Å². The van der Waals surface area contributed by atoms with E-state index in [1.165, 1.54) is 0 Å². The largest absolute Gasteiger partial charge is 0.424 e. The SMILES string of the molecule is [c]1cccc(Oc2ncccn2)c1. The molecule has 0 spiro atoms. The zero-order valence-electron chi connectivity index (χ0n) is 6.84. The molecule has 1 aromatic carbocycles. The van der Waals surface area contributed by atoms with Crippen LogP contribution in [0.2, 0.25) is 0 Å². The van der Waals surface area contributed by atoms with E-state index >= 15 is 0 Å². The molecule has 0 amide bonds. The molecule has 0 saturated heterocycles. The van der Waals surface area contributed by atoms with Crippen molar-refractivity contribution in [3.05, 3.63) is 48.8 Å².